The third-order valence-corrected chi connectivity index (χ3v) is 9.10. The number of pyridine rings is 1. The van der Waals surface area contributed by atoms with E-state index in [-0.39, 0.29) is 28.6 Å². The molecule has 2 aliphatic rings. The third-order valence-electron chi connectivity index (χ3n) is 8.61. The van der Waals surface area contributed by atoms with Gasteiger partial charge in [0, 0.05) is 55.2 Å². The molecule has 0 bridgehead atoms. The number of aryl methyl sites for hydroxylation is 2. The van der Waals surface area contributed by atoms with Crippen LogP contribution in [0, 0.1) is 12.7 Å². The van der Waals surface area contributed by atoms with Crippen molar-refractivity contribution in [3.05, 3.63) is 106 Å². The first-order valence-corrected chi connectivity index (χ1v) is 14.4. The molecule has 1 aliphatic carbocycles. The molecule has 2 amide bonds. The van der Waals surface area contributed by atoms with Gasteiger partial charge < -0.3 is 15.1 Å². The molecule has 1 N–H and O–H groups in total. The monoisotopic (exact) mass is 570 g/mol. The highest BCUT2D eigenvalue weighted by molar-refractivity contribution is 6.34. The maximum Gasteiger partial charge on any atom is 0.256 e. The Labute approximate surface area is 244 Å². The Morgan fingerprint density at radius 3 is 2.63 bits per heavy atom. The quantitative estimate of drug-likeness (QED) is 0.298. The van der Waals surface area contributed by atoms with Crippen molar-refractivity contribution in [3.8, 4) is 0 Å². The van der Waals surface area contributed by atoms with Crippen LogP contribution in [0.1, 0.15) is 62.7 Å². The molecule has 1 saturated heterocycles. The van der Waals surface area contributed by atoms with Crippen molar-refractivity contribution in [2.75, 3.05) is 25.0 Å². The van der Waals surface area contributed by atoms with Crippen LogP contribution in [0.5, 0.6) is 0 Å². The van der Waals surface area contributed by atoms with Gasteiger partial charge in [-0.1, -0.05) is 29.8 Å². The Balaban J connectivity index is 1.12. The molecule has 1 unspecified atom stereocenters. The molecular formula is C33H32ClFN4O2. The predicted molar refractivity (Wildman–Crippen MR) is 160 cm³/mol. The second kappa shape index (κ2) is 11.1. The first-order valence-electron chi connectivity index (χ1n) is 14.0. The lowest BCUT2D eigenvalue weighted by Crippen LogP contribution is -2.45. The number of hydrogen-bond acceptors (Lipinski definition) is 4. The van der Waals surface area contributed by atoms with Crippen LogP contribution in [-0.4, -0.2) is 47.9 Å². The van der Waals surface area contributed by atoms with Crippen molar-refractivity contribution < 1.29 is 14.0 Å². The molecular weight excluding hydrogens is 539 g/mol. The van der Waals surface area contributed by atoms with Crippen molar-refractivity contribution in [1.29, 1.82) is 0 Å². The molecule has 210 valence electrons. The molecule has 1 aromatic heterocycles. The first-order chi connectivity index (χ1) is 19.8. The Morgan fingerprint density at radius 2 is 1.83 bits per heavy atom. The van der Waals surface area contributed by atoms with Crippen molar-refractivity contribution in [3.63, 3.8) is 0 Å². The third kappa shape index (κ3) is 5.26. The summed E-state index contributed by atoms with van der Waals surface area (Å²) in [6, 6.07) is 16.8. The summed E-state index contributed by atoms with van der Waals surface area (Å²) in [4.78, 5) is 35.0. The second-order valence-corrected chi connectivity index (χ2v) is 11.5. The number of carbonyl (C=O) groups is 2. The van der Waals surface area contributed by atoms with Gasteiger partial charge in [-0.15, -0.1) is 0 Å². The first kappa shape index (κ1) is 27.2. The Hall–Kier alpha value is -3.97. The molecule has 41 heavy (non-hydrogen) atoms. The summed E-state index contributed by atoms with van der Waals surface area (Å²) in [7, 11) is 1.88. The second-order valence-electron chi connectivity index (χ2n) is 11.1. The van der Waals surface area contributed by atoms with Crippen LogP contribution < -0.4 is 10.2 Å². The zero-order valence-corrected chi connectivity index (χ0v) is 23.9. The van der Waals surface area contributed by atoms with Gasteiger partial charge in [0.25, 0.3) is 11.8 Å². The standard InChI is InChI=1S/C33H32ClFN4O2/c1-20-3-9-28(35)30(31(20)34)32(40)37-29-10-7-21-4-5-23(18-27(21)29)33(41)38(2)25-12-15-39(16-13-25)26-8-6-24-19-36-14-11-22(24)17-26/h3-6,8-9,11,14,17-19,25,29H,7,10,12-13,15-16H2,1-2H3,(H,37,40). The lowest BCUT2D eigenvalue weighted by Gasteiger charge is -2.38. The van der Waals surface area contributed by atoms with Gasteiger partial charge in [0.2, 0.25) is 0 Å². The number of amides is 2. The predicted octanol–water partition coefficient (Wildman–Crippen LogP) is 6.49. The molecule has 6 nitrogen and oxygen atoms in total. The van der Waals surface area contributed by atoms with Crippen LogP contribution in [0.4, 0.5) is 10.1 Å². The molecule has 1 fully saturated rings. The van der Waals surface area contributed by atoms with Gasteiger partial charge in [0.05, 0.1) is 16.6 Å². The average molecular weight is 571 g/mol. The number of halogens is 2. The van der Waals surface area contributed by atoms with E-state index in [1.807, 2.05) is 48.6 Å². The highest BCUT2D eigenvalue weighted by Crippen LogP contribution is 2.34. The summed E-state index contributed by atoms with van der Waals surface area (Å²) in [6.45, 7) is 3.48. The van der Waals surface area contributed by atoms with Gasteiger partial charge >= 0.3 is 0 Å². The molecule has 6 rings (SSSR count). The van der Waals surface area contributed by atoms with E-state index in [0.717, 1.165) is 48.9 Å². The van der Waals surface area contributed by atoms with E-state index >= 15 is 0 Å². The Morgan fingerprint density at radius 1 is 1.02 bits per heavy atom. The van der Waals surface area contributed by atoms with Crippen molar-refractivity contribution >= 4 is 39.9 Å². The smallest absolute Gasteiger partial charge is 0.256 e. The van der Waals surface area contributed by atoms with E-state index in [4.69, 9.17) is 11.6 Å². The number of hydrogen-bond donors (Lipinski definition) is 1. The van der Waals surface area contributed by atoms with Gasteiger partial charge in [-0.25, -0.2) is 4.39 Å². The van der Waals surface area contributed by atoms with E-state index in [9.17, 15) is 14.0 Å². The van der Waals surface area contributed by atoms with Crippen LogP contribution in [0.15, 0.2) is 67.0 Å². The number of rotatable bonds is 5. The summed E-state index contributed by atoms with van der Waals surface area (Å²) in [6.07, 6.45) is 6.90. The number of nitrogens with one attached hydrogen (secondary N) is 1. The zero-order valence-electron chi connectivity index (χ0n) is 23.2. The summed E-state index contributed by atoms with van der Waals surface area (Å²) >= 11 is 6.27. The summed E-state index contributed by atoms with van der Waals surface area (Å²) in [5, 5.41) is 5.37. The minimum atomic E-state index is -0.647. The topological polar surface area (TPSA) is 65.5 Å². The van der Waals surface area contributed by atoms with Crippen LogP contribution in [0.3, 0.4) is 0 Å². The molecule has 0 saturated carbocycles. The lowest BCUT2D eigenvalue weighted by atomic mass is 9.99. The maximum atomic E-state index is 14.5. The number of benzene rings is 3. The van der Waals surface area contributed by atoms with Crippen LogP contribution in [-0.2, 0) is 6.42 Å². The Bertz CT molecular complexity index is 1650. The molecule has 1 aliphatic heterocycles. The molecule has 0 radical (unpaired) electrons. The molecule has 8 heteroatoms. The summed E-state index contributed by atoms with van der Waals surface area (Å²) in [5.41, 5.74) is 4.28. The molecule has 3 aromatic carbocycles. The number of piperidine rings is 1. The van der Waals surface area contributed by atoms with Gasteiger partial charge in [-0.2, -0.15) is 0 Å². The van der Waals surface area contributed by atoms with Crippen molar-refractivity contribution in [1.82, 2.24) is 15.2 Å². The summed E-state index contributed by atoms with van der Waals surface area (Å²) in [5.74, 6) is -1.22. The highest BCUT2D eigenvalue weighted by atomic mass is 35.5. The molecule has 2 heterocycles. The van der Waals surface area contributed by atoms with Crippen LogP contribution in [0.2, 0.25) is 5.02 Å². The van der Waals surface area contributed by atoms with Crippen molar-refractivity contribution in [2.45, 2.75) is 44.7 Å². The van der Waals surface area contributed by atoms with Crippen LogP contribution in [0.25, 0.3) is 10.8 Å². The fourth-order valence-electron chi connectivity index (χ4n) is 6.13. The van der Waals surface area contributed by atoms with E-state index in [1.165, 1.54) is 17.1 Å². The van der Waals surface area contributed by atoms with Gasteiger partial charge in [-0.05, 0) is 91.1 Å². The molecule has 4 aromatic rings. The average Bonchev–Trinajstić information content (AvgIpc) is 3.40. The summed E-state index contributed by atoms with van der Waals surface area (Å²) < 4.78 is 14.5. The van der Waals surface area contributed by atoms with Gasteiger partial charge in [0.15, 0.2) is 0 Å². The fourth-order valence-corrected chi connectivity index (χ4v) is 6.37. The molecule has 1 atom stereocenters. The minimum Gasteiger partial charge on any atom is -0.371 e. The minimum absolute atomic E-state index is 0.0331. The van der Waals surface area contributed by atoms with Crippen LogP contribution >= 0.6 is 11.6 Å². The zero-order chi connectivity index (χ0) is 28.7. The Kier molecular flexibility index (Phi) is 7.39. The van der Waals surface area contributed by atoms with Crippen molar-refractivity contribution in [2.24, 2.45) is 0 Å². The van der Waals surface area contributed by atoms with E-state index in [0.29, 0.717) is 17.5 Å². The largest absolute Gasteiger partial charge is 0.371 e. The number of carbonyl (C=O) groups excluding carboxylic acids is 2. The number of nitrogens with zero attached hydrogens (tertiary/aromatic N) is 3. The number of anilines is 1. The lowest BCUT2D eigenvalue weighted by molar-refractivity contribution is 0.0709. The van der Waals surface area contributed by atoms with E-state index < -0.39 is 11.7 Å². The number of fused-ring (bicyclic) bond motifs is 2. The van der Waals surface area contributed by atoms with E-state index in [1.54, 1.807) is 13.0 Å². The van der Waals surface area contributed by atoms with E-state index in [2.05, 4.69) is 33.4 Å². The maximum absolute atomic E-state index is 14.5. The number of aromatic nitrogens is 1. The highest BCUT2D eigenvalue weighted by Gasteiger charge is 2.30. The van der Waals surface area contributed by atoms with Gasteiger partial charge in [-0.3, -0.25) is 14.6 Å². The normalized spacial score (nSPS) is 17.0. The molecule has 0 spiro atoms. The fraction of sp³-hybridized carbons (Fsp3) is 0.303. The SMILES string of the molecule is Cc1ccc(F)c(C(=O)NC2CCc3ccc(C(=O)N(C)C4CCN(c5ccc6cnccc6c5)CC4)cc32)c1Cl. The van der Waals surface area contributed by atoms with Gasteiger partial charge in [0.1, 0.15) is 5.82 Å².